The molecule has 1 heteroatoms. The van der Waals surface area contributed by atoms with Gasteiger partial charge < -0.3 is 0 Å². The summed E-state index contributed by atoms with van der Waals surface area (Å²) in [5.41, 5.74) is 4.39. The second-order valence-corrected chi connectivity index (χ2v) is 3.84. The van der Waals surface area contributed by atoms with E-state index in [1.807, 2.05) is 39.1 Å². The third-order valence-corrected chi connectivity index (χ3v) is 1.96. The number of hydrogen-bond acceptors (Lipinski definition) is 1. The van der Waals surface area contributed by atoms with Gasteiger partial charge >= 0.3 is 0 Å². The average molecular weight is 215 g/mol. The minimum atomic E-state index is 1.03. The van der Waals surface area contributed by atoms with Crippen LogP contribution in [0.2, 0.25) is 0 Å². The molecule has 0 unspecified atom stereocenters. The van der Waals surface area contributed by atoms with Gasteiger partial charge in [-0.2, -0.15) is 0 Å². The summed E-state index contributed by atoms with van der Waals surface area (Å²) in [6.45, 7) is 15.5. The molecule has 0 aliphatic heterocycles. The molecule has 86 valence electrons. The second kappa shape index (κ2) is 7.63. The Labute approximate surface area is 99.3 Å². The summed E-state index contributed by atoms with van der Waals surface area (Å²) in [5, 5.41) is 0. The van der Waals surface area contributed by atoms with Crippen molar-refractivity contribution < 1.29 is 0 Å². The van der Waals surface area contributed by atoms with Crippen LogP contribution in [-0.2, 0) is 0 Å². The molecule has 0 aromatic rings. The summed E-state index contributed by atoms with van der Waals surface area (Å²) in [6, 6.07) is 0. The fraction of sp³-hybridized carbons (Fsp3) is 0.267. The van der Waals surface area contributed by atoms with Crippen molar-refractivity contribution in [3.63, 3.8) is 0 Å². The first-order valence-corrected chi connectivity index (χ1v) is 5.33. The minimum Gasteiger partial charge on any atom is -0.266 e. The van der Waals surface area contributed by atoms with Crippen molar-refractivity contribution in [3.8, 4) is 0 Å². The molecule has 0 aromatic carbocycles. The molecule has 1 nitrogen and oxygen atoms in total. The van der Waals surface area contributed by atoms with E-state index >= 15 is 0 Å². The molecule has 0 aromatic heterocycles. The van der Waals surface area contributed by atoms with Gasteiger partial charge in [0.25, 0.3) is 0 Å². The van der Waals surface area contributed by atoms with Crippen LogP contribution in [0.5, 0.6) is 0 Å². The lowest BCUT2D eigenvalue weighted by molar-refractivity contribution is 1.34. The van der Waals surface area contributed by atoms with Gasteiger partial charge in [0.1, 0.15) is 0 Å². The second-order valence-electron chi connectivity index (χ2n) is 3.84. The van der Waals surface area contributed by atoms with E-state index in [1.165, 1.54) is 0 Å². The molecular formula is C15H21N. The van der Waals surface area contributed by atoms with E-state index in [2.05, 4.69) is 31.2 Å². The molecule has 0 aliphatic carbocycles. The van der Waals surface area contributed by atoms with Crippen molar-refractivity contribution >= 4 is 5.71 Å². The van der Waals surface area contributed by atoms with Crippen LogP contribution in [0.4, 0.5) is 0 Å². The first-order chi connectivity index (χ1) is 7.51. The van der Waals surface area contributed by atoms with Crippen molar-refractivity contribution in [1.29, 1.82) is 0 Å². The highest BCUT2D eigenvalue weighted by Gasteiger charge is 1.94. The summed E-state index contributed by atoms with van der Waals surface area (Å²) >= 11 is 0. The summed E-state index contributed by atoms with van der Waals surface area (Å²) in [6.07, 6.45) is 9.51. The number of nitrogens with zero attached hydrogens (tertiary/aromatic N) is 1. The zero-order valence-corrected chi connectivity index (χ0v) is 10.7. The molecule has 0 rings (SSSR count). The molecule has 0 fully saturated rings. The fourth-order valence-electron chi connectivity index (χ4n) is 1.17. The van der Waals surface area contributed by atoms with Crippen LogP contribution in [0.15, 0.2) is 65.4 Å². The van der Waals surface area contributed by atoms with E-state index < -0.39 is 0 Å². The monoisotopic (exact) mass is 215 g/mol. The largest absolute Gasteiger partial charge is 0.266 e. The van der Waals surface area contributed by atoms with Crippen molar-refractivity contribution in [2.24, 2.45) is 4.99 Å². The maximum atomic E-state index is 4.27. The smallest absolute Gasteiger partial charge is 0.0341 e. The minimum absolute atomic E-state index is 1.03. The molecule has 0 atom stereocenters. The molecule has 0 N–H and O–H groups in total. The molecule has 0 bridgehead atoms. The van der Waals surface area contributed by atoms with E-state index in [1.54, 1.807) is 6.08 Å². The van der Waals surface area contributed by atoms with Gasteiger partial charge in [-0.25, -0.2) is 0 Å². The molecule has 0 spiro atoms. The van der Waals surface area contributed by atoms with E-state index in [0.717, 1.165) is 22.4 Å². The first-order valence-electron chi connectivity index (χ1n) is 5.33. The molecule has 16 heavy (non-hydrogen) atoms. The molecule has 0 heterocycles. The summed E-state index contributed by atoms with van der Waals surface area (Å²) in [5.74, 6) is 0. The van der Waals surface area contributed by atoms with Gasteiger partial charge in [-0.3, -0.25) is 4.99 Å². The van der Waals surface area contributed by atoms with Gasteiger partial charge in [-0.05, 0) is 38.8 Å². The van der Waals surface area contributed by atoms with Crippen molar-refractivity contribution in [3.05, 3.63) is 60.4 Å². The van der Waals surface area contributed by atoms with Gasteiger partial charge in [0.15, 0.2) is 0 Å². The predicted octanol–water partition coefficient (Wildman–Crippen LogP) is 4.62. The maximum absolute atomic E-state index is 4.27. The highest BCUT2D eigenvalue weighted by atomic mass is 14.7. The predicted molar refractivity (Wildman–Crippen MR) is 74.8 cm³/mol. The quantitative estimate of drug-likeness (QED) is 0.469. The molecular weight excluding hydrogens is 194 g/mol. The van der Waals surface area contributed by atoms with Gasteiger partial charge in [0, 0.05) is 11.9 Å². The Morgan fingerprint density at radius 2 is 1.69 bits per heavy atom. The standard InChI is InChI=1S/C15H21N/c1-7-9-13(5)10-14(6)15(8-2)11-16-12(3)4/h7-11H,1-2H2,3-6H3/b13-9-,14-10+,15-11+. The van der Waals surface area contributed by atoms with Crippen molar-refractivity contribution in [2.75, 3.05) is 0 Å². The van der Waals surface area contributed by atoms with Crippen LogP contribution in [-0.4, -0.2) is 5.71 Å². The van der Waals surface area contributed by atoms with Gasteiger partial charge in [-0.15, -0.1) is 0 Å². The number of hydrogen-bond donors (Lipinski definition) is 0. The highest BCUT2D eigenvalue weighted by molar-refractivity contribution is 5.79. The zero-order chi connectivity index (χ0) is 12.6. The average Bonchev–Trinajstić information content (AvgIpc) is 2.18. The van der Waals surface area contributed by atoms with Gasteiger partial charge in [0.2, 0.25) is 0 Å². The number of rotatable bonds is 5. The Bertz CT molecular complexity index is 372. The number of aliphatic imine (C=N–C) groups is 1. The number of allylic oxidation sites excluding steroid dienone is 7. The normalized spacial score (nSPS) is 13.4. The maximum Gasteiger partial charge on any atom is 0.0341 e. The summed E-state index contributed by atoms with van der Waals surface area (Å²) in [7, 11) is 0. The van der Waals surface area contributed by atoms with Crippen LogP contribution in [0, 0.1) is 0 Å². The highest BCUT2D eigenvalue weighted by Crippen LogP contribution is 2.13. The third kappa shape index (κ3) is 5.97. The van der Waals surface area contributed by atoms with E-state index in [0.29, 0.717) is 0 Å². The Hall–Kier alpha value is -1.63. The lowest BCUT2D eigenvalue weighted by atomic mass is 10.1. The lowest BCUT2D eigenvalue weighted by Gasteiger charge is -2.01. The van der Waals surface area contributed by atoms with Crippen molar-refractivity contribution in [1.82, 2.24) is 0 Å². The SMILES string of the molecule is C=C\C=C(C)/C=C(C)/C(C=C)=C/N=C(C)C. The lowest BCUT2D eigenvalue weighted by Crippen LogP contribution is -1.84. The molecule has 0 saturated heterocycles. The van der Waals surface area contributed by atoms with E-state index in [4.69, 9.17) is 0 Å². The Balaban J connectivity index is 5.06. The molecule has 0 saturated carbocycles. The zero-order valence-electron chi connectivity index (χ0n) is 10.7. The third-order valence-electron chi connectivity index (χ3n) is 1.96. The first kappa shape index (κ1) is 14.4. The van der Waals surface area contributed by atoms with E-state index in [9.17, 15) is 0 Å². The van der Waals surface area contributed by atoms with Crippen molar-refractivity contribution in [2.45, 2.75) is 27.7 Å². The van der Waals surface area contributed by atoms with Gasteiger partial charge in [0.05, 0.1) is 0 Å². The molecule has 0 radical (unpaired) electrons. The van der Waals surface area contributed by atoms with E-state index in [-0.39, 0.29) is 0 Å². The summed E-state index contributed by atoms with van der Waals surface area (Å²) < 4.78 is 0. The molecule has 0 aliphatic rings. The Kier molecular flexibility index (Phi) is 6.86. The van der Waals surface area contributed by atoms with Crippen LogP contribution in [0.25, 0.3) is 0 Å². The fourth-order valence-corrected chi connectivity index (χ4v) is 1.17. The summed E-state index contributed by atoms with van der Waals surface area (Å²) in [4.78, 5) is 4.27. The van der Waals surface area contributed by atoms with Crippen LogP contribution in [0.3, 0.4) is 0 Å². The van der Waals surface area contributed by atoms with Crippen LogP contribution in [0.1, 0.15) is 27.7 Å². The molecule has 0 amide bonds. The topological polar surface area (TPSA) is 12.4 Å². The van der Waals surface area contributed by atoms with Crippen LogP contribution < -0.4 is 0 Å². The van der Waals surface area contributed by atoms with Crippen LogP contribution >= 0.6 is 0 Å². The van der Waals surface area contributed by atoms with Gasteiger partial charge in [-0.1, -0.05) is 43.0 Å². The Morgan fingerprint density at radius 3 is 2.12 bits per heavy atom. The Morgan fingerprint density at radius 1 is 1.06 bits per heavy atom.